The number of thiophene rings is 1. The van der Waals surface area contributed by atoms with Gasteiger partial charge in [0.05, 0.1) is 8.66 Å². The van der Waals surface area contributed by atoms with Gasteiger partial charge in [0, 0.05) is 9.86 Å². The van der Waals surface area contributed by atoms with Crippen LogP contribution in [0.1, 0.15) is 21.0 Å². The first-order valence-corrected chi connectivity index (χ1v) is 7.95. The largest absolute Gasteiger partial charge is 0.452 e. The van der Waals surface area contributed by atoms with E-state index in [0.29, 0.717) is 10.6 Å². The van der Waals surface area contributed by atoms with Crippen LogP contribution in [0.25, 0.3) is 11.0 Å². The van der Waals surface area contributed by atoms with Crippen LogP contribution >= 0.6 is 43.2 Å². The van der Waals surface area contributed by atoms with Crippen molar-refractivity contribution in [2.24, 2.45) is 0 Å². The second-order valence-corrected chi connectivity index (χ2v) is 7.39. The van der Waals surface area contributed by atoms with E-state index < -0.39 is 0 Å². The Bertz CT molecular complexity index is 766. The van der Waals surface area contributed by atoms with Crippen molar-refractivity contribution < 1.29 is 9.21 Å². The van der Waals surface area contributed by atoms with Gasteiger partial charge in [-0.2, -0.15) is 0 Å². The van der Waals surface area contributed by atoms with Crippen LogP contribution in [-0.2, 0) is 0 Å². The van der Waals surface area contributed by atoms with Gasteiger partial charge in [-0.05, 0) is 56.5 Å². The lowest BCUT2D eigenvalue weighted by atomic mass is 10.1. The highest BCUT2D eigenvalue weighted by Gasteiger charge is 2.18. The Morgan fingerprint density at radius 1 is 1.26 bits per heavy atom. The number of carbonyl (C=O) groups excluding carboxylic acids is 1. The van der Waals surface area contributed by atoms with E-state index in [2.05, 4.69) is 31.9 Å². The SMILES string of the molecule is Cc1cccc2cc(C(=O)c3cc(Br)c(Br)s3)oc12. The lowest BCUT2D eigenvalue weighted by Crippen LogP contribution is -1.95. The summed E-state index contributed by atoms with van der Waals surface area (Å²) in [6.45, 7) is 1.97. The Morgan fingerprint density at radius 3 is 2.68 bits per heavy atom. The average Bonchev–Trinajstić information content (AvgIpc) is 2.94. The van der Waals surface area contributed by atoms with Crippen molar-refractivity contribution in [1.29, 1.82) is 0 Å². The number of ketones is 1. The minimum absolute atomic E-state index is 0.0907. The average molecular weight is 400 g/mol. The molecule has 5 heteroatoms. The molecule has 0 spiro atoms. The predicted octanol–water partition coefficient (Wildman–Crippen LogP) is 5.56. The van der Waals surface area contributed by atoms with Gasteiger partial charge in [-0.1, -0.05) is 18.2 Å². The molecule has 0 unspecified atom stereocenters. The van der Waals surface area contributed by atoms with Crippen LogP contribution in [0.3, 0.4) is 0 Å². The van der Waals surface area contributed by atoms with E-state index >= 15 is 0 Å². The zero-order valence-corrected chi connectivity index (χ0v) is 13.9. The molecule has 1 aromatic carbocycles. The Kier molecular flexibility index (Phi) is 3.37. The third-order valence-electron chi connectivity index (χ3n) is 2.83. The molecule has 0 fully saturated rings. The van der Waals surface area contributed by atoms with Crippen molar-refractivity contribution in [2.45, 2.75) is 6.92 Å². The van der Waals surface area contributed by atoms with Crippen LogP contribution in [0.15, 0.2) is 43.0 Å². The zero-order valence-electron chi connectivity index (χ0n) is 9.87. The number of rotatable bonds is 2. The molecule has 2 nitrogen and oxygen atoms in total. The standard InChI is InChI=1S/C14H8Br2O2S/c1-7-3-2-4-8-5-10(18-13(7)8)12(17)11-6-9(15)14(16)19-11/h2-6H,1H3. The Hall–Kier alpha value is -0.910. The number of benzene rings is 1. The van der Waals surface area contributed by atoms with Gasteiger partial charge in [0.1, 0.15) is 5.58 Å². The highest BCUT2D eigenvalue weighted by Crippen LogP contribution is 2.34. The number of para-hydroxylation sites is 1. The van der Waals surface area contributed by atoms with E-state index in [4.69, 9.17) is 4.42 Å². The van der Waals surface area contributed by atoms with Crippen LogP contribution in [0.4, 0.5) is 0 Å². The molecule has 0 aliphatic rings. The highest BCUT2D eigenvalue weighted by molar-refractivity contribution is 9.13. The lowest BCUT2D eigenvalue weighted by molar-refractivity contribution is 0.101. The molecule has 3 rings (SSSR count). The van der Waals surface area contributed by atoms with Crippen molar-refractivity contribution >= 4 is 59.9 Å². The first-order valence-electron chi connectivity index (χ1n) is 5.55. The Morgan fingerprint density at radius 2 is 2.05 bits per heavy atom. The molecule has 0 saturated carbocycles. The quantitative estimate of drug-likeness (QED) is 0.528. The molecule has 96 valence electrons. The number of aryl methyl sites for hydroxylation is 1. The van der Waals surface area contributed by atoms with Crippen LogP contribution in [0.5, 0.6) is 0 Å². The number of halogens is 2. The second kappa shape index (κ2) is 4.89. The van der Waals surface area contributed by atoms with Gasteiger partial charge in [-0.3, -0.25) is 4.79 Å². The Balaban J connectivity index is 2.09. The van der Waals surface area contributed by atoms with Crippen molar-refractivity contribution in [3.05, 3.63) is 54.8 Å². The molecule has 0 bridgehead atoms. The molecule has 3 aromatic rings. The summed E-state index contributed by atoms with van der Waals surface area (Å²) >= 11 is 8.17. The number of carbonyl (C=O) groups is 1. The summed E-state index contributed by atoms with van der Waals surface area (Å²) in [7, 11) is 0. The van der Waals surface area contributed by atoms with E-state index in [1.165, 1.54) is 11.3 Å². The number of hydrogen-bond acceptors (Lipinski definition) is 3. The molecule has 0 N–H and O–H groups in total. The van der Waals surface area contributed by atoms with Gasteiger partial charge in [0.25, 0.3) is 0 Å². The van der Waals surface area contributed by atoms with Gasteiger partial charge in [0.2, 0.25) is 5.78 Å². The molecule has 2 heterocycles. The van der Waals surface area contributed by atoms with Crippen molar-refractivity contribution in [2.75, 3.05) is 0 Å². The van der Waals surface area contributed by atoms with Gasteiger partial charge in [-0.15, -0.1) is 11.3 Å². The maximum absolute atomic E-state index is 12.4. The van der Waals surface area contributed by atoms with Crippen molar-refractivity contribution in [3.63, 3.8) is 0 Å². The Labute approximate surface area is 130 Å². The van der Waals surface area contributed by atoms with E-state index in [1.807, 2.05) is 25.1 Å². The fourth-order valence-corrected chi connectivity index (χ4v) is 3.88. The second-order valence-electron chi connectivity index (χ2n) is 4.17. The van der Waals surface area contributed by atoms with E-state index in [0.717, 1.165) is 24.8 Å². The molecule has 0 atom stereocenters. The molecule has 19 heavy (non-hydrogen) atoms. The lowest BCUT2D eigenvalue weighted by Gasteiger charge is -1.93. The molecule has 2 aromatic heterocycles. The van der Waals surface area contributed by atoms with Crippen molar-refractivity contribution in [1.82, 2.24) is 0 Å². The van der Waals surface area contributed by atoms with Crippen LogP contribution in [-0.4, -0.2) is 5.78 Å². The molecule has 0 aliphatic heterocycles. The summed E-state index contributed by atoms with van der Waals surface area (Å²) in [4.78, 5) is 13.0. The van der Waals surface area contributed by atoms with E-state index in [9.17, 15) is 4.79 Å². The molecule has 0 aliphatic carbocycles. The topological polar surface area (TPSA) is 30.2 Å². The summed E-state index contributed by atoms with van der Waals surface area (Å²) in [5.74, 6) is 0.289. The van der Waals surface area contributed by atoms with Gasteiger partial charge in [0.15, 0.2) is 5.76 Å². The van der Waals surface area contributed by atoms with Gasteiger partial charge < -0.3 is 4.42 Å². The fourth-order valence-electron chi connectivity index (χ4n) is 1.90. The summed E-state index contributed by atoms with van der Waals surface area (Å²) in [6, 6.07) is 9.48. The van der Waals surface area contributed by atoms with Gasteiger partial charge >= 0.3 is 0 Å². The molecular weight excluding hydrogens is 392 g/mol. The summed E-state index contributed by atoms with van der Waals surface area (Å²) < 4.78 is 7.48. The van der Waals surface area contributed by atoms with Crippen LogP contribution in [0.2, 0.25) is 0 Å². The minimum atomic E-state index is -0.0907. The number of fused-ring (bicyclic) bond motifs is 1. The molecule has 0 amide bonds. The molecule has 0 radical (unpaired) electrons. The fraction of sp³-hybridized carbons (Fsp3) is 0.0714. The normalized spacial score (nSPS) is 11.1. The van der Waals surface area contributed by atoms with Crippen molar-refractivity contribution in [3.8, 4) is 0 Å². The summed E-state index contributed by atoms with van der Waals surface area (Å²) in [6.07, 6.45) is 0. The molecular formula is C14H8Br2O2S. The van der Waals surface area contributed by atoms with Crippen LogP contribution in [0, 0.1) is 6.92 Å². The maximum Gasteiger partial charge on any atom is 0.238 e. The zero-order chi connectivity index (χ0) is 13.6. The smallest absolute Gasteiger partial charge is 0.238 e. The highest BCUT2D eigenvalue weighted by atomic mass is 79.9. The molecule has 0 saturated heterocycles. The van der Waals surface area contributed by atoms with Crippen LogP contribution < -0.4 is 0 Å². The number of furan rings is 1. The maximum atomic E-state index is 12.4. The van der Waals surface area contributed by atoms with E-state index in [-0.39, 0.29) is 5.78 Å². The predicted molar refractivity (Wildman–Crippen MR) is 84.1 cm³/mol. The summed E-state index contributed by atoms with van der Waals surface area (Å²) in [5.41, 5.74) is 1.81. The number of hydrogen-bond donors (Lipinski definition) is 0. The minimum Gasteiger partial charge on any atom is -0.452 e. The summed E-state index contributed by atoms with van der Waals surface area (Å²) in [5, 5.41) is 0.957. The monoisotopic (exact) mass is 398 g/mol. The third-order valence-corrected chi connectivity index (χ3v) is 6.09. The third kappa shape index (κ3) is 2.30. The first-order chi connectivity index (χ1) is 9.06. The first kappa shape index (κ1) is 13.1. The van der Waals surface area contributed by atoms with Gasteiger partial charge in [-0.25, -0.2) is 0 Å². The van der Waals surface area contributed by atoms with E-state index in [1.54, 1.807) is 12.1 Å².